The predicted octanol–water partition coefficient (Wildman–Crippen LogP) is 6.44. The largest absolute Gasteiger partial charge is 0.456 e. The van der Waals surface area contributed by atoms with Crippen molar-refractivity contribution in [3.8, 4) is 0 Å². The number of hydrogen-bond acceptors (Lipinski definition) is 17. The Morgan fingerprint density at radius 3 is 2.27 bits per heavy atom. The maximum Gasteiger partial charge on any atom is 0.329 e. The van der Waals surface area contributed by atoms with Crippen molar-refractivity contribution < 1.29 is 71.4 Å². The molecular formula is C63H97N5O15S. The molecule has 1 aliphatic carbocycles. The Balaban J connectivity index is 1.21. The molecule has 3 heterocycles. The van der Waals surface area contributed by atoms with Gasteiger partial charge in [-0.15, -0.1) is 6.58 Å². The van der Waals surface area contributed by atoms with E-state index >= 15 is 0 Å². The van der Waals surface area contributed by atoms with Crippen LogP contribution in [0.5, 0.6) is 0 Å². The molecule has 20 nitrogen and oxygen atoms in total. The van der Waals surface area contributed by atoms with Gasteiger partial charge in [0, 0.05) is 89.4 Å². The van der Waals surface area contributed by atoms with Crippen LogP contribution in [0.2, 0.25) is 0 Å². The first-order valence-electron chi connectivity index (χ1n) is 30.2. The van der Waals surface area contributed by atoms with Crippen molar-refractivity contribution in [2.24, 2.45) is 29.6 Å². The fraction of sp³-hybridized carbons (Fsp3) is 0.683. The number of unbranched alkanes of at least 4 members (excludes halogenated alkanes) is 2. The minimum Gasteiger partial charge on any atom is -0.456 e. The van der Waals surface area contributed by atoms with Gasteiger partial charge in [0.2, 0.25) is 21.7 Å². The molecule has 15 atom stereocenters. The first-order valence-corrected chi connectivity index (χ1v) is 31.7. The number of esters is 1. The second-order valence-electron chi connectivity index (χ2n) is 24.2. The third-order valence-electron chi connectivity index (χ3n) is 17.6. The summed E-state index contributed by atoms with van der Waals surface area (Å²) in [4.78, 5) is 66.4. The molecule has 6 rings (SSSR count). The summed E-state index contributed by atoms with van der Waals surface area (Å²) in [5.74, 6) is -8.03. The number of ketones is 1. The van der Waals surface area contributed by atoms with Crippen LogP contribution in [0, 0.1) is 29.6 Å². The molecule has 4 aliphatic rings. The number of hydrogen-bond donors (Lipinski definition) is 6. The number of aliphatic hydroxyl groups excluding tert-OH is 2. The Labute approximate surface area is 498 Å². The van der Waals surface area contributed by atoms with Gasteiger partial charge in [-0.1, -0.05) is 75.3 Å². The summed E-state index contributed by atoms with van der Waals surface area (Å²) in [5.41, 5.74) is 5.68. The molecule has 21 heteroatoms. The van der Waals surface area contributed by atoms with E-state index in [2.05, 4.69) is 35.1 Å². The molecule has 2 aromatic rings. The number of piperidine rings is 1. The van der Waals surface area contributed by atoms with Gasteiger partial charge < -0.3 is 54.1 Å². The lowest BCUT2D eigenvalue weighted by molar-refractivity contribution is -0.302. The molecule has 3 fully saturated rings. The molecule has 0 aromatic heterocycles. The Kier molecular flexibility index (Phi) is 25.9. The van der Waals surface area contributed by atoms with Gasteiger partial charge in [0.15, 0.2) is 0 Å². The maximum absolute atomic E-state index is 14.8. The van der Waals surface area contributed by atoms with Crippen molar-refractivity contribution >= 4 is 50.1 Å². The van der Waals surface area contributed by atoms with Gasteiger partial charge in [-0.05, 0) is 133 Å². The molecule has 6 N–H and O–H groups in total. The number of amides is 2. The Bertz CT molecular complexity index is 2710. The van der Waals surface area contributed by atoms with Gasteiger partial charge in [-0.2, -0.15) is 5.48 Å². The highest BCUT2D eigenvalue weighted by Crippen LogP contribution is 2.40. The van der Waals surface area contributed by atoms with E-state index in [0.29, 0.717) is 88.1 Å². The summed E-state index contributed by atoms with van der Waals surface area (Å²) in [6, 6.07) is 9.05. The molecule has 470 valence electrons. The molecule has 0 spiro atoms. The van der Waals surface area contributed by atoms with Crippen LogP contribution < -0.4 is 20.4 Å². The fourth-order valence-electron chi connectivity index (χ4n) is 12.9. The predicted molar refractivity (Wildman–Crippen MR) is 321 cm³/mol. The quantitative estimate of drug-likeness (QED) is 0.0274. The standard InChI is InChI=1S/C63H97N5O15S/c1-12-20-45-32-39(2)31-40(3)33-54(79-10)59-55(80-11)35-42(5)63(75,83-59)60(72)61(73)68-30-17-14-23-50(68)62(74)82-58(41(4)34-44-26-27-51(69)53(36-44)78-9)43(6)52(70)37-48(45)66-81-38-57(71)64-28-15-13-16-29-65-84(76,77)56-25-19-21-46-47(56)22-18-24-49(46)67(7)8/h12,18-19,21-22,24-25,32,34,40,42-45,48,50-55,58-59,65-66,69-70,75H,1,13-17,20,23,26-31,33,35-38H2,2-11H3,(H,64,71)/b39-32+,41-34+/t40-,42+,43+,44-,45+,48?,50-,51+,52-,53+,54-,55-,58+,59+,63+/m0/s1. The zero-order chi connectivity index (χ0) is 61.5. The number of methoxy groups -OCH3 is 3. The van der Waals surface area contributed by atoms with E-state index in [1.165, 1.54) is 19.1 Å². The zero-order valence-electron chi connectivity index (χ0n) is 51.3. The van der Waals surface area contributed by atoms with Crippen molar-refractivity contribution in [3.63, 3.8) is 0 Å². The highest BCUT2D eigenvalue weighted by molar-refractivity contribution is 7.89. The highest BCUT2D eigenvalue weighted by atomic mass is 32.2. The number of nitrogens with zero attached hydrogens (tertiary/aromatic N) is 2. The minimum atomic E-state index is -3.80. The van der Waals surface area contributed by atoms with E-state index in [-0.39, 0.29) is 67.5 Å². The fourth-order valence-corrected chi connectivity index (χ4v) is 14.1. The number of nitrogens with one attached hydrogen (secondary N) is 3. The third kappa shape index (κ3) is 17.5. The van der Waals surface area contributed by atoms with E-state index in [4.69, 9.17) is 28.5 Å². The monoisotopic (exact) mass is 1200 g/mol. The second-order valence-corrected chi connectivity index (χ2v) is 26.0. The number of hydroxylamine groups is 1. The molecule has 2 bridgehead atoms. The molecule has 3 aliphatic heterocycles. The number of aliphatic hydroxyl groups is 3. The average Bonchev–Trinajstić information content (AvgIpc) is 1.56. The van der Waals surface area contributed by atoms with Crippen LogP contribution in [0.3, 0.4) is 0 Å². The number of anilines is 1. The van der Waals surface area contributed by atoms with E-state index in [1.54, 1.807) is 39.2 Å². The van der Waals surface area contributed by atoms with Gasteiger partial charge in [0.05, 0.1) is 35.4 Å². The number of carbonyl (C=O) groups excluding carboxylic acids is 4. The Morgan fingerprint density at radius 2 is 1.57 bits per heavy atom. The van der Waals surface area contributed by atoms with Crippen LogP contribution in [0.1, 0.15) is 125 Å². The number of cyclic esters (lactones) is 1. The van der Waals surface area contributed by atoms with Gasteiger partial charge >= 0.3 is 5.97 Å². The number of allylic oxidation sites excluding steroid dienone is 3. The number of Topliss-reactive ketones (excluding diaryl/α,β-unsaturated/α-hetero) is 1. The van der Waals surface area contributed by atoms with Crippen LogP contribution in [-0.4, -0.2) is 174 Å². The SMILES string of the molecule is C=CC[C@@H]1/C=C(\C)C[C@H](C)C[C@H](OC)[C@H]2O[C@@](O)(C(=O)C(=O)N3CCCC[C@H]3C(=O)O[C@H](/C(C)=C/[C@@H]3CC[C@@H](O)[C@H](OC)C3)[C@H](C)[C@@H](O)CC1NOCC(=O)NCCCCCNS(=O)(=O)c1cccc3c(N(C)C)cccc13)[C@H](C)C[C@@H]2OC. The van der Waals surface area contributed by atoms with E-state index in [0.717, 1.165) is 16.6 Å². The summed E-state index contributed by atoms with van der Waals surface area (Å²) in [6.45, 7) is 13.6. The number of sulfonamides is 1. The molecule has 1 unspecified atom stereocenters. The summed E-state index contributed by atoms with van der Waals surface area (Å²) < 4.78 is 60.0. The molecule has 1 saturated carbocycles. The summed E-state index contributed by atoms with van der Waals surface area (Å²) >= 11 is 0. The topological polar surface area (TPSA) is 261 Å². The molecular weight excluding hydrogens is 1100 g/mol. The first kappa shape index (κ1) is 68.5. The minimum absolute atomic E-state index is 0.0388. The van der Waals surface area contributed by atoms with Crippen molar-refractivity contribution in [1.82, 2.24) is 20.4 Å². The van der Waals surface area contributed by atoms with Crippen LogP contribution in [-0.2, 0) is 57.7 Å². The van der Waals surface area contributed by atoms with Crippen molar-refractivity contribution in [3.05, 3.63) is 72.4 Å². The van der Waals surface area contributed by atoms with Gasteiger partial charge in [-0.25, -0.2) is 17.9 Å². The number of fused-ring (bicyclic) bond motifs is 4. The van der Waals surface area contributed by atoms with Crippen molar-refractivity contribution in [2.75, 3.05) is 66.6 Å². The van der Waals surface area contributed by atoms with E-state index in [9.17, 15) is 42.9 Å². The Morgan fingerprint density at radius 1 is 0.881 bits per heavy atom. The van der Waals surface area contributed by atoms with Crippen molar-refractivity contribution in [2.45, 2.75) is 190 Å². The molecule has 84 heavy (non-hydrogen) atoms. The van der Waals surface area contributed by atoms with Crippen molar-refractivity contribution in [1.29, 1.82) is 0 Å². The zero-order valence-corrected chi connectivity index (χ0v) is 52.1. The molecule has 2 amide bonds. The van der Waals surface area contributed by atoms with Gasteiger partial charge in [0.25, 0.3) is 11.7 Å². The lowest BCUT2D eigenvalue weighted by Crippen LogP contribution is -2.64. The second kappa shape index (κ2) is 31.8. The van der Waals surface area contributed by atoms with E-state index in [1.807, 2.05) is 63.2 Å². The van der Waals surface area contributed by atoms with Crippen LogP contribution in [0.4, 0.5) is 5.69 Å². The normalized spacial score (nSPS) is 32.6. The molecule has 2 saturated heterocycles. The number of benzene rings is 2. The molecule has 0 radical (unpaired) electrons. The van der Waals surface area contributed by atoms with Gasteiger partial charge in [0.1, 0.15) is 24.9 Å². The first-order chi connectivity index (χ1) is 40.0. The van der Waals surface area contributed by atoms with E-state index < -0.39 is 100 Å². The van der Waals surface area contributed by atoms with Crippen LogP contribution in [0.25, 0.3) is 10.8 Å². The van der Waals surface area contributed by atoms with Crippen LogP contribution >= 0.6 is 0 Å². The van der Waals surface area contributed by atoms with Gasteiger partial charge in [-0.3, -0.25) is 19.2 Å². The summed E-state index contributed by atoms with van der Waals surface area (Å²) in [7, 11) is 4.65. The number of rotatable bonds is 20. The number of carbonyl (C=O) groups is 4. The lowest BCUT2D eigenvalue weighted by atomic mass is 9.81. The lowest BCUT2D eigenvalue weighted by Gasteiger charge is -2.47. The summed E-state index contributed by atoms with van der Waals surface area (Å²) in [6.07, 6.45) is 6.83. The maximum atomic E-state index is 14.8. The highest BCUT2D eigenvalue weighted by Gasteiger charge is 2.57. The number of ether oxygens (including phenoxy) is 5. The third-order valence-corrected chi connectivity index (χ3v) is 19.1. The van der Waals surface area contributed by atoms with Crippen LogP contribution in [0.15, 0.2) is 77.2 Å². The smallest absolute Gasteiger partial charge is 0.329 e. The Hall–Kier alpha value is -4.65. The summed E-state index contributed by atoms with van der Waals surface area (Å²) in [5, 5.41) is 39.8. The molecule has 2 aromatic carbocycles. The average molecular weight is 1200 g/mol.